The first-order valence-electron chi connectivity index (χ1n) is 7.84. The fraction of sp³-hybridized carbons (Fsp3) is 0.474. The van der Waals surface area contributed by atoms with E-state index in [-0.39, 0.29) is 17.7 Å². The third kappa shape index (κ3) is 6.84. The molecule has 25 heavy (non-hydrogen) atoms. The Bertz CT molecular complexity index is 698. The van der Waals surface area contributed by atoms with Crippen molar-refractivity contribution in [3.05, 3.63) is 29.6 Å². The second-order valence-electron chi connectivity index (χ2n) is 6.71. The molecule has 0 saturated heterocycles. The number of hydrogen-bond donors (Lipinski definition) is 0. The third-order valence-electron chi connectivity index (χ3n) is 3.18. The Hall–Kier alpha value is -2.55. The highest BCUT2D eigenvalue weighted by molar-refractivity contribution is 5.91. The molecule has 0 aliphatic heterocycles. The Morgan fingerprint density at radius 3 is 2.48 bits per heavy atom. The molecule has 6 heteroatoms. The van der Waals surface area contributed by atoms with Gasteiger partial charge < -0.3 is 14.4 Å². The molecule has 1 amide bonds. The van der Waals surface area contributed by atoms with Crippen LogP contribution >= 0.6 is 0 Å². The van der Waals surface area contributed by atoms with Crippen LogP contribution in [0.1, 0.15) is 33.3 Å². The molecule has 0 radical (unpaired) electrons. The first kappa shape index (κ1) is 20.5. The number of benzene rings is 1. The summed E-state index contributed by atoms with van der Waals surface area (Å²) in [5.74, 6) is 3.60. The number of ether oxygens (including phenoxy) is 2. The number of likely N-dealkylation sites (N-methyl/N-ethyl adjacent to an activating group) is 1. The van der Waals surface area contributed by atoms with Crippen LogP contribution in [-0.4, -0.2) is 37.0 Å². The van der Waals surface area contributed by atoms with Gasteiger partial charge in [0.25, 0.3) is 5.91 Å². The number of halogens is 1. The van der Waals surface area contributed by atoms with Crippen LogP contribution in [0.5, 0.6) is 5.75 Å². The molecule has 1 aromatic carbocycles. The van der Waals surface area contributed by atoms with Crippen LogP contribution in [0.25, 0.3) is 0 Å². The van der Waals surface area contributed by atoms with Gasteiger partial charge in [-0.05, 0) is 45.4 Å². The monoisotopic (exact) mass is 349 g/mol. The molecule has 1 unspecified atom stereocenters. The lowest BCUT2D eigenvalue weighted by Gasteiger charge is -2.21. The van der Waals surface area contributed by atoms with Crippen LogP contribution in [0.2, 0.25) is 0 Å². The highest BCUT2D eigenvalue weighted by Gasteiger charge is 2.21. The van der Waals surface area contributed by atoms with E-state index in [1.165, 1.54) is 31.1 Å². The molecule has 5 nitrogen and oxygen atoms in total. The molecule has 136 valence electrons. The van der Waals surface area contributed by atoms with E-state index in [2.05, 4.69) is 11.8 Å². The average Bonchev–Trinajstić information content (AvgIpc) is 2.51. The predicted molar refractivity (Wildman–Crippen MR) is 92.2 cm³/mol. The number of hydrogen-bond acceptors (Lipinski definition) is 4. The molecule has 1 atom stereocenters. The molecule has 1 aromatic rings. The first-order valence-corrected chi connectivity index (χ1v) is 7.84. The lowest BCUT2D eigenvalue weighted by atomic mass is 9.98. The van der Waals surface area contributed by atoms with Crippen LogP contribution in [0.4, 0.5) is 4.39 Å². The summed E-state index contributed by atoms with van der Waals surface area (Å²) in [5, 5.41) is 0. The second kappa shape index (κ2) is 8.52. The molecule has 0 fully saturated rings. The summed E-state index contributed by atoms with van der Waals surface area (Å²) in [6.45, 7) is 7.25. The summed E-state index contributed by atoms with van der Waals surface area (Å²) in [7, 11) is 2.93. The van der Waals surface area contributed by atoms with E-state index in [9.17, 15) is 14.0 Å². The third-order valence-corrected chi connectivity index (χ3v) is 3.18. The van der Waals surface area contributed by atoms with Gasteiger partial charge >= 0.3 is 5.97 Å². The summed E-state index contributed by atoms with van der Waals surface area (Å²) in [4.78, 5) is 25.3. The van der Waals surface area contributed by atoms with Crippen molar-refractivity contribution in [2.24, 2.45) is 5.41 Å². The molecular formula is C19H24FNO4. The number of nitrogens with zero attached hydrogens (tertiary/aromatic N) is 1. The maximum atomic E-state index is 13.7. The zero-order valence-corrected chi connectivity index (χ0v) is 15.5. The molecule has 0 saturated carbocycles. The lowest BCUT2D eigenvalue weighted by Crippen LogP contribution is -2.36. The Morgan fingerprint density at radius 1 is 1.32 bits per heavy atom. The second-order valence-corrected chi connectivity index (χ2v) is 6.71. The fourth-order valence-corrected chi connectivity index (χ4v) is 1.95. The predicted octanol–water partition coefficient (Wildman–Crippen LogP) is 2.77. The topological polar surface area (TPSA) is 55.8 Å². The molecule has 0 aliphatic carbocycles. The molecule has 0 heterocycles. The van der Waals surface area contributed by atoms with Crippen LogP contribution in [0.3, 0.4) is 0 Å². The minimum Gasteiger partial charge on any atom is -0.494 e. The van der Waals surface area contributed by atoms with E-state index < -0.39 is 23.8 Å². The van der Waals surface area contributed by atoms with E-state index in [0.29, 0.717) is 5.56 Å². The molecule has 0 N–H and O–H groups in total. The largest absolute Gasteiger partial charge is 0.494 e. The number of rotatable bonds is 5. The van der Waals surface area contributed by atoms with Gasteiger partial charge in [0.2, 0.25) is 0 Å². The maximum Gasteiger partial charge on any atom is 0.385 e. The fourth-order valence-electron chi connectivity index (χ4n) is 1.95. The minimum absolute atomic E-state index is 0.137. The molecule has 0 aromatic heterocycles. The Labute approximate surface area is 148 Å². The number of amides is 1. The normalized spacial score (nSPS) is 11.8. The van der Waals surface area contributed by atoms with E-state index in [1.807, 2.05) is 20.8 Å². The van der Waals surface area contributed by atoms with Crippen molar-refractivity contribution in [3.63, 3.8) is 0 Å². The van der Waals surface area contributed by atoms with Crippen molar-refractivity contribution in [2.75, 3.05) is 14.2 Å². The summed E-state index contributed by atoms with van der Waals surface area (Å²) in [5.41, 5.74) is 0.266. The van der Waals surface area contributed by atoms with Crippen LogP contribution < -0.4 is 4.74 Å². The van der Waals surface area contributed by atoms with E-state index in [4.69, 9.17) is 9.47 Å². The van der Waals surface area contributed by atoms with Crippen LogP contribution in [0.15, 0.2) is 18.2 Å². The van der Waals surface area contributed by atoms with Crippen molar-refractivity contribution in [2.45, 2.75) is 40.3 Å². The molecular weight excluding hydrogens is 325 g/mol. The summed E-state index contributed by atoms with van der Waals surface area (Å²) >= 11 is 0. The molecule has 1 rings (SSSR count). The van der Waals surface area contributed by atoms with Crippen LogP contribution in [-0.2, 0) is 20.9 Å². The van der Waals surface area contributed by atoms with Crippen molar-refractivity contribution in [3.8, 4) is 17.6 Å². The van der Waals surface area contributed by atoms with Crippen molar-refractivity contribution < 1.29 is 23.5 Å². The highest BCUT2D eigenvalue weighted by atomic mass is 19.1. The Balaban J connectivity index is 2.67. The zero-order chi connectivity index (χ0) is 19.2. The van der Waals surface area contributed by atoms with Gasteiger partial charge in [0.15, 0.2) is 17.7 Å². The van der Waals surface area contributed by atoms with E-state index >= 15 is 0 Å². The first-order chi connectivity index (χ1) is 11.5. The van der Waals surface area contributed by atoms with Gasteiger partial charge in [0, 0.05) is 24.9 Å². The lowest BCUT2D eigenvalue weighted by molar-refractivity contribution is -0.154. The summed E-state index contributed by atoms with van der Waals surface area (Å²) in [6, 6.07) is 4.46. The minimum atomic E-state index is -0.977. The van der Waals surface area contributed by atoms with Gasteiger partial charge in [-0.3, -0.25) is 4.79 Å². The van der Waals surface area contributed by atoms with Gasteiger partial charge in [-0.15, -0.1) is 0 Å². The molecule has 0 aliphatic rings. The van der Waals surface area contributed by atoms with Gasteiger partial charge in [0.05, 0.1) is 7.11 Å². The van der Waals surface area contributed by atoms with E-state index in [1.54, 1.807) is 13.1 Å². The van der Waals surface area contributed by atoms with Gasteiger partial charge in [0.1, 0.15) is 0 Å². The number of esters is 1. The van der Waals surface area contributed by atoms with Crippen molar-refractivity contribution in [1.82, 2.24) is 4.90 Å². The molecule has 0 spiro atoms. The highest BCUT2D eigenvalue weighted by Crippen LogP contribution is 2.18. The summed E-state index contributed by atoms with van der Waals surface area (Å²) in [6.07, 6.45) is -0.977. The van der Waals surface area contributed by atoms with Crippen LogP contribution in [0, 0.1) is 23.1 Å². The van der Waals surface area contributed by atoms with Gasteiger partial charge in [-0.1, -0.05) is 12.0 Å². The Morgan fingerprint density at radius 2 is 1.96 bits per heavy atom. The number of methoxy groups -OCH3 is 1. The van der Waals surface area contributed by atoms with Crippen molar-refractivity contribution >= 4 is 11.9 Å². The number of carbonyl (C=O) groups excluding carboxylic acids is 2. The quantitative estimate of drug-likeness (QED) is 0.466. The Kier molecular flexibility index (Phi) is 6.98. The van der Waals surface area contributed by atoms with Crippen molar-refractivity contribution in [1.29, 1.82) is 0 Å². The smallest absolute Gasteiger partial charge is 0.385 e. The van der Waals surface area contributed by atoms with Gasteiger partial charge in [-0.25, -0.2) is 9.18 Å². The van der Waals surface area contributed by atoms with E-state index in [0.717, 1.165) is 0 Å². The summed E-state index contributed by atoms with van der Waals surface area (Å²) < 4.78 is 23.6. The average molecular weight is 349 g/mol. The molecule has 0 bridgehead atoms. The zero-order valence-electron chi connectivity index (χ0n) is 15.5. The number of carbonyl (C=O) groups is 2. The standard InChI is InChI=1S/C19H24FNO4/c1-13(25-17(22)9-10-19(2,3)4)18(23)21(5)12-14-7-8-16(24-6)15(20)11-14/h7-8,11,13H,12H2,1-6H3. The van der Waals surface area contributed by atoms with Gasteiger partial charge in [-0.2, -0.15) is 0 Å². The maximum absolute atomic E-state index is 13.7. The SMILES string of the molecule is COc1ccc(CN(C)C(=O)C(C)OC(=O)C#CC(C)(C)C)cc1F.